The first kappa shape index (κ1) is 14.8. The van der Waals surface area contributed by atoms with Gasteiger partial charge in [0.15, 0.2) is 0 Å². The molecular formula is C13H17ClFNO2S. The molecule has 3 nitrogen and oxygen atoms in total. The lowest BCUT2D eigenvalue weighted by Crippen LogP contribution is -2.40. The Morgan fingerprint density at radius 2 is 1.89 bits per heavy atom. The smallest absolute Gasteiger partial charge is 0.207 e. The molecule has 0 radical (unpaired) electrons. The van der Waals surface area contributed by atoms with E-state index in [4.69, 9.17) is 11.6 Å². The SMILES string of the molecule is Cc1cc(F)cc(C)c1S(=O)(=O)N1CCCC(Cl)C1. The third-order valence-electron chi connectivity index (χ3n) is 3.35. The third kappa shape index (κ3) is 2.93. The Bertz CT molecular complexity index is 565. The highest BCUT2D eigenvalue weighted by molar-refractivity contribution is 7.89. The van der Waals surface area contributed by atoms with Crippen LogP contribution in [0.2, 0.25) is 0 Å². The number of piperidine rings is 1. The third-order valence-corrected chi connectivity index (χ3v) is 5.88. The van der Waals surface area contributed by atoms with Gasteiger partial charge in [-0.1, -0.05) is 0 Å². The van der Waals surface area contributed by atoms with Crippen molar-refractivity contribution in [3.8, 4) is 0 Å². The van der Waals surface area contributed by atoms with Crippen molar-refractivity contribution in [2.75, 3.05) is 13.1 Å². The van der Waals surface area contributed by atoms with Gasteiger partial charge in [-0.3, -0.25) is 0 Å². The predicted octanol–water partition coefficient (Wildman–Crippen LogP) is 2.83. The maximum Gasteiger partial charge on any atom is 0.243 e. The minimum atomic E-state index is -3.59. The lowest BCUT2D eigenvalue weighted by Gasteiger charge is -2.30. The molecule has 1 unspecified atom stereocenters. The number of hydrogen-bond acceptors (Lipinski definition) is 2. The molecule has 1 aromatic carbocycles. The summed E-state index contributed by atoms with van der Waals surface area (Å²) in [6.45, 7) is 4.03. The first-order chi connectivity index (χ1) is 8.82. The maximum absolute atomic E-state index is 13.3. The zero-order valence-electron chi connectivity index (χ0n) is 11.0. The standard InChI is InChI=1S/C13H17ClFNO2S/c1-9-6-12(15)7-10(2)13(9)19(17,18)16-5-3-4-11(14)8-16/h6-7,11H,3-5,8H2,1-2H3. The van der Waals surface area contributed by atoms with E-state index in [0.29, 0.717) is 24.2 Å². The van der Waals surface area contributed by atoms with Crippen molar-refractivity contribution in [1.29, 1.82) is 0 Å². The van der Waals surface area contributed by atoms with Crippen molar-refractivity contribution in [3.05, 3.63) is 29.1 Å². The van der Waals surface area contributed by atoms with Crippen molar-refractivity contribution >= 4 is 21.6 Å². The summed E-state index contributed by atoms with van der Waals surface area (Å²) >= 11 is 6.04. The van der Waals surface area contributed by atoms with Crippen LogP contribution in [0, 0.1) is 19.7 Å². The molecule has 1 aliphatic heterocycles. The van der Waals surface area contributed by atoms with Crippen LogP contribution in [0.25, 0.3) is 0 Å². The minimum absolute atomic E-state index is 0.149. The van der Waals surface area contributed by atoms with Gasteiger partial charge in [-0.05, 0) is 49.9 Å². The molecule has 1 aliphatic rings. The van der Waals surface area contributed by atoms with Gasteiger partial charge in [-0.25, -0.2) is 12.8 Å². The van der Waals surface area contributed by atoms with Crippen LogP contribution in [0.1, 0.15) is 24.0 Å². The summed E-state index contributed by atoms with van der Waals surface area (Å²) in [6.07, 6.45) is 1.58. The average Bonchev–Trinajstić information content (AvgIpc) is 2.26. The van der Waals surface area contributed by atoms with Crippen LogP contribution >= 0.6 is 11.6 Å². The van der Waals surface area contributed by atoms with Crippen molar-refractivity contribution in [2.24, 2.45) is 0 Å². The molecule has 1 saturated heterocycles. The molecule has 0 amide bonds. The molecule has 0 bridgehead atoms. The van der Waals surface area contributed by atoms with Crippen molar-refractivity contribution < 1.29 is 12.8 Å². The number of aryl methyl sites for hydroxylation is 2. The second-order valence-electron chi connectivity index (χ2n) is 4.97. The molecule has 2 rings (SSSR count). The summed E-state index contributed by atoms with van der Waals surface area (Å²) in [5.74, 6) is -0.414. The normalized spacial score (nSPS) is 21.6. The van der Waals surface area contributed by atoms with E-state index in [9.17, 15) is 12.8 Å². The van der Waals surface area contributed by atoms with Gasteiger partial charge in [0.25, 0.3) is 0 Å². The molecule has 0 saturated carbocycles. The molecule has 1 heterocycles. The molecule has 0 aliphatic carbocycles. The van der Waals surface area contributed by atoms with Crippen molar-refractivity contribution in [3.63, 3.8) is 0 Å². The van der Waals surface area contributed by atoms with Crippen LogP contribution < -0.4 is 0 Å². The minimum Gasteiger partial charge on any atom is -0.207 e. The largest absolute Gasteiger partial charge is 0.243 e. The molecule has 106 valence electrons. The van der Waals surface area contributed by atoms with Gasteiger partial charge in [-0.15, -0.1) is 11.6 Å². The molecule has 0 N–H and O–H groups in total. The molecule has 1 fully saturated rings. The van der Waals surface area contributed by atoms with Gasteiger partial charge in [0.2, 0.25) is 10.0 Å². The number of rotatable bonds is 2. The number of alkyl halides is 1. The second kappa shape index (κ2) is 5.38. The van der Waals surface area contributed by atoms with Crippen molar-refractivity contribution in [2.45, 2.75) is 37.0 Å². The van der Waals surface area contributed by atoms with Gasteiger partial charge >= 0.3 is 0 Å². The summed E-state index contributed by atoms with van der Waals surface area (Å²) in [6, 6.07) is 2.50. The highest BCUT2D eigenvalue weighted by Gasteiger charge is 2.31. The quantitative estimate of drug-likeness (QED) is 0.788. The number of halogens is 2. The Labute approximate surface area is 118 Å². The number of hydrogen-bond donors (Lipinski definition) is 0. The van der Waals surface area contributed by atoms with E-state index >= 15 is 0 Å². The van der Waals surface area contributed by atoms with E-state index in [0.717, 1.165) is 12.8 Å². The van der Waals surface area contributed by atoms with Crippen LogP contribution in [-0.4, -0.2) is 31.2 Å². The predicted molar refractivity (Wildman–Crippen MR) is 73.5 cm³/mol. The Hall–Kier alpha value is -0.650. The van der Waals surface area contributed by atoms with E-state index in [1.54, 1.807) is 13.8 Å². The lowest BCUT2D eigenvalue weighted by atomic mass is 10.1. The molecule has 19 heavy (non-hydrogen) atoms. The summed E-state index contributed by atoms with van der Waals surface area (Å²) in [7, 11) is -3.59. The van der Waals surface area contributed by atoms with Crippen LogP contribution in [0.15, 0.2) is 17.0 Å². The first-order valence-electron chi connectivity index (χ1n) is 6.23. The monoisotopic (exact) mass is 305 g/mol. The Balaban J connectivity index is 2.45. The van der Waals surface area contributed by atoms with Crippen molar-refractivity contribution in [1.82, 2.24) is 4.31 Å². The summed E-state index contributed by atoms with van der Waals surface area (Å²) in [5, 5.41) is -0.149. The van der Waals surface area contributed by atoms with Crippen LogP contribution in [0.4, 0.5) is 4.39 Å². The molecule has 0 aromatic heterocycles. The topological polar surface area (TPSA) is 37.4 Å². The van der Waals surface area contributed by atoms with E-state index in [2.05, 4.69) is 0 Å². The van der Waals surface area contributed by atoms with E-state index in [1.165, 1.54) is 16.4 Å². The Morgan fingerprint density at radius 1 is 1.32 bits per heavy atom. The second-order valence-corrected chi connectivity index (χ2v) is 7.46. The van der Waals surface area contributed by atoms with E-state index in [1.807, 2.05) is 0 Å². The molecule has 6 heteroatoms. The zero-order chi connectivity index (χ0) is 14.2. The lowest BCUT2D eigenvalue weighted by molar-refractivity contribution is 0.350. The fraction of sp³-hybridized carbons (Fsp3) is 0.538. The molecular weight excluding hydrogens is 289 g/mol. The van der Waals surface area contributed by atoms with Gasteiger partial charge in [-0.2, -0.15) is 4.31 Å². The number of nitrogens with zero attached hydrogens (tertiary/aromatic N) is 1. The maximum atomic E-state index is 13.3. The molecule has 1 aromatic rings. The summed E-state index contributed by atoms with van der Waals surface area (Å²) < 4.78 is 39.9. The van der Waals surface area contributed by atoms with Gasteiger partial charge in [0.1, 0.15) is 5.82 Å². The van der Waals surface area contributed by atoms with Crippen LogP contribution in [0.5, 0.6) is 0 Å². The van der Waals surface area contributed by atoms with Gasteiger partial charge < -0.3 is 0 Å². The number of benzene rings is 1. The Morgan fingerprint density at radius 3 is 2.42 bits per heavy atom. The summed E-state index contributed by atoms with van der Waals surface area (Å²) in [4.78, 5) is 0.208. The fourth-order valence-electron chi connectivity index (χ4n) is 2.54. The molecule has 0 spiro atoms. The zero-order valence-corrected chi connectivity index (χ0v) is 12.6. The first-order valence-corrected chi connectivity index (χ1v) is 8.11. The molecule has 1 atom stereocenters. The number of sulfonamides is 1. The average molecular weight is 306 g/mol. The van der Waals surface area contributed by atoms with E-state index < -0.39 is 15.8 Å². The van der Waals surface area contributed by atoms with Gasteiger partial charge in [0.05, 0.1) is 4.90 Å². The fourth-order valence-corrected chi connectivity index (χ4v) is 4.88. The summed E-state index contributed by atoms with van der Waals surface area (Å²) in [5.41, 5.74) is 0.878. The highest BCUT2D eigenvalue weighted by Crippen LogP contribution is 2.28. The van der Waals surface area contributed by atoms with E-state index in [-0.39, 0.29) is 10.3 Å². The van der Waals surface area contributed by atoms with Gasteiger partial charge in [0, 0.05) is 18.5 Å². The highest BCUT2D eigenvalue weighted by atomic mass is 35.5. The Kier molecular flexibility index (Phi) is 4.18. The van der Waals surface area contributed by atoms with Crippen LogP contribution in [-0.2, 0) is 10.0 Å². The van der Waals surface area contributed by atoms with Crippen LogP contribution in [0.3, 0.4) is 0 Å².